The van der Waals surface area contributed by atoms with Gasteiger partial charge in [0.1, 0.15) is 35.6 Å². The van der Waals surface area contributed by atoms with E-state index in [-0.39, 0.29) is 12.0 Å². The molecule has 0 amide bonds. The zero-order valence-corrected chi connectivity index (χ0v) is 34.4. The first-order chi connectivity index (χ1) is 27.3. The second kappa shape index (κ2) is 13.2. The summed E-state index contributed by atoms with van der Waals surface area (Å²) in [7, 11) is 1.10. The summed E-state index contributed by atoms with van der Waals surface area (Å²) in [6.07, 6.45) is -7.73. The van der Waals surface area contributed by atoms with Crippen molar-refractivity contribution >= 4 is 41.8 Å². The van der Waals surface area contributed by atoms with Gasteiger partial charge in [-0.2, -0.15) is 0 Å². The monoisotopic (exact) mass is 834 g/mol. The molecular weight excluding hydrogens is 784 g/mol. The third-order valence-corrected chi connectivity index (χ3v) is 14.3. The molecule has 2 aliphatic heterocycles. The van der Waals surface area contributed by atoms with Crippen molar-refractivity contribution in [2.24, 2.45) is 28.1 Å². The van der Waals surface area contributed by atoms with Gasteiger partial charge >= 0.3 is 41.8 Å². The minimum absolute atomic E-state index is 0.197. The topological polar surface area (TPSA) is 256 Å². The zero-order chi connectivity index (χ0) is 43.7. The number of furan rings is 1. The number of rotatable bonds is 11. The van der Waals surface area contributed by atoms with E-state index >= 15 is 0 Å². The van der Waals surface area contributed by atoms with Crippen LogP contribution in [0.2, 0.25) is 0 Å². The van der Waals surface area contributed by atoms with E-state index in [1.165, 1.54) is 25.5 Å². The molecule has 59 heavy (non-hydrogen) atoms. The van der Waals surface area contributed by atoms with Gasteiger partial charge in [0.2, 0.25) is 5.60 Å². The first-order valence-electron chi connectivity index (χ1n) is 19.3. The number of ether oxygens (including phenoxy) is 9. The Bertz CT molecular complexity index is 2000. The molecule has 7 rings (SSSR count). The highest BCUT2D eigenvalue weighted by molar-refractivity contribution is 5.74. The summed E-state index contributed by atoms with van der Waals surface area (Å²) in [5.41, 5.74) is -16.6. The van der Waals surface area contributed by atoms with Gasteiger partial charge in [0.25, 0.3) is 0 Å². The van der Waals surface area contributed by atoms with Crippen molar-refractivity contribution in [2.75, 3.05) is 13.7 Å². The quantitative estimate of drug-likeness (QED) is 0.237. The second-order valence-corrected chi connectivity index (χ2v) is 17.5. The van der Waals surface area contributed by atoms with Crippen LogP contribution in [0.25, 0.3) is 0 Å². The van der Waals surface area contributed by atoms with Crippen molar-refractivity contribution < 1.29 is 90.8 Å². The van der Waals surface area contributed by atoms with Crippen molar-refractivity contribution in [1.82, 2.24) is 0 Å². The molecule has 3 heterocycles. The van der Waals surface area contributed by atoms with Crippen LogP contribution in [0.4, 0.5) is 0 Å². The molecule has 4 bridgehead atoms. The van der Waals surface area contributed by atoms with Crippen LogP contribution in [0, 0.1) is 28.1 Å². The van der Waals surface area contributed by atoms with Crippen molar-refractivity contribution in [3.05, 3.63) is 24.2 Å². The largest absolute Gasteiger partial charge is 0.472 e. The molecule has 1 aromatic rings. The lowest BCUT2D eigenvalue weighted by Crippen LogP contribution is -2.97. The van der Waals surface area contributed by atoms with Crippen molar-refractivity contribution in [3.63, 3.8) is 0 Å². The van der Waals surface area contributed by atoms with Crippen LogP contribution in [0.3, 0.4) is 0 Å². The molecule has 6 aliphatic rings. The van der Waals surface area contributed by atoms with E-state index in [1.54, 1.807) is 13.8 Å². The lowest BCUT2D eigenvalue weighted by Gasteiger charge is -2.77. The third-order valence-electron chi connectivity index (χ3n) is 14.3. The highest BCUT2D eigenvalue weighted by Gasteiger charge is 3.05. The minimum Gasteiger partial charge on any atom is -0.472 e. The fourth-order valence-electron chi connectivity index (χ4n) is 13.1. The number of methoxy groups -OCH3 is 1. The van der Waals surface area contributed by atoms with Crippen LogP contribution in [-0.2, 0) is 76.2 Å². The SMILES string of the molecule is COC(=O)C[C@H]1[C@@]2(C)C[C@]3(O)[C@@](OC(C)=O)([C@H]4O[C@]5(C)C[C@@H]6[C@](C)([C@@H](OC(C)=O)c7ccoc7)[C@@H](OC(C)=O)[C@@H](OC(C)=O)[C@@](O)([C@@]64O5)[C@]13COC(C)=O)[C@H]2OC(C)=O. The number of esters is 7. The molecule has 1 aromatic heterocycles. The Hall–Kier alpha value is -4.59. The van der Waals surface area contributed by atoms with Crippen molar-refractivity contribution in [3.8, 4) is 0 Å². The Morgan fingerprint density at radius 1 is 0.847 bits per heavy atom. The normalized spacial score (nSPS) is 44.7. The number of fused-ring (bicyclic) bond motifs is 4. The van der Waals surface area contributed by atoms with E-state index in [9.17, 15) is 43.8 Å². The summed E-state index contributed by atoms with van der Waals surface area (Å²) in [6.45, 7) is 10.1. The number of hydrogen-bond acceptors (Lipinski definition) is 19. The molecule has 0 unspecified atom stereocenters. The van der Waals surface area contributed by atoms with E-state index in [0.717, 1.165) is 48.7 Å². The Morgan fingerprint density at radius 2 is 1.47 bits per heavy atom. The van der Waals surface area contributed by atoms with Gasteiger partial charge in [-0.3, -0.25) is 33.6 Å². The van der Waals surface area contributed by atoms with Gasteiger partial charge in [0.05, 0.1) is 30.5 Å². The maximum Gasteiger partial charge on any atom is 0.305 e. The van der Waals surface area contributed by atoms with E-state index in [1.807, 2.05) is 0 Å². The number of carbonyl (C=O) groups is 7. The highest BCUT2D eigenvalue weighted by atomic mass is 16.8. The fraction of sp³-hybridized carbons (Fsp3) is 0.725. The van der Waals surface area contributed by atoms with Crippen LogP contribution < -0.4 is 0 Å². The summed E-state index contributed by atoms with van der Waals surface area (Å²) in [5.74, 6) is -11.0. The number of carbonyl (C=O) groups excluding carboxylic acids is 7. The van der Waals surface area contributed by atoms with Gasteiger partial charge in [-0.25, -0.2) is 0 Å². The molecule has 324 valence electrons. The molecule has 6 fully saturated rings. The second-order valence-electron chi connectivity index (χ2n) is 17.5. The summed E-state index contributed by atoms with van der Waals surface area (Å²) in [6, 6.07) is 1.49. The lowest BCUT2D eigenvalue weighted by molar-refractivity contribution is -0.447. The van der Waals surface area contributed by atoms with Crippen molar-refractivity contribution in [1.29, 1.82) is 0 Å². The van der Waals surface area contributed by atoms with Crippen LogP contribution in [0.5, 0.6) is 0 Å². The highest BCUT2D eigenvalue weighted by Crippen LogP contribution is 2.87. The van der Waals surface area contributed by atoms with E-state index in [0.29, 0.717) is 0 Å². The van der Waals surface area contributed by atoms with Crippen molar-refractivity contribution in [2.45, 2.75) is 140 Å². The molecule has 15 atom stereocenters. The Morgan fingerprint density at radius 3 is 2.00 bits per heavy atom. The minimum atomic E-state index is -2.99. The van der Waals surface area contributed by atoms with Crippen LogP contribution in [-0.4, -0.2) is 118 Å². The summed E-state index contributed by atoms with van der Waals surface area (Å²) >= 11 is 0. The van der Waals surface area contributed by atoms with E-state index in [4.69, 9.17) is 47.0 Å². The molecule has 4 aliphatic carbocycles. The van der Waals surface area contributed by atoms with Gasteiger partial charge in [-0.1, -0.05) is 13.8 Å². The first kappa shape index (κ1) is 42.5. The molecular formula is C40H50O19. The molecule has 0 aromatic carbocycles. The molecule has 19 nitrogen and oxygen atoms in total. The van der Waals surface area contributed by atoms with Gasteiger partial charge < -0.3 is 57.3 Å². The Balaban J connectivity index is 1.71. The summed E-state index contributed by atoms with van der Waals surface area (Å²) < 4.78 is 61.1. The number of aliphatic hydroxyl groups is 2. The molecule has 2 saturated heterocycles. The lowest BCUT2D eigenvalue weighted by atomic mass is 9.32. The Labute approximate surface area is 338 Å². The molecule has 1 spiro atoms. The molecule has 19 heteroatoms. The Kier molecular flexibility index (Phi) is 9.52. The average Bonchev–Trinajstić information content (AvgIpc) is 3.90. The first-order valence-corrected chi connectivity index (χ1v) is 19.3. The smallest absolute Gasteiger partial charge is 0.305 e. The molecule has 2 N–H and O–H groups in total. The predicted molar refractivity (Wildman–Crippen MR) is 189 cm³/mol. The van der Waals surface area contributed by atoms with Crippen LogP contribution in [0.1, 0.15) is 93.2 Å². The van der Waals surface area contributed by atoms with Gasteiger partial charge in [-0.15, -0.1) is 0 Å². The maximum atomic E-state index is 14.7. The fourth-order valence-corrected chi connectivity index (χ4v) is 13.1. The standard InChI is InChI=1S/C40H50O19/c1-18(41)52-17-36-25(13-27(47)50-10)33(7)16-37(36,48)39(57-23(6)46,31(33)56-22(5)45)32-38-26(14-34(8,58-32)59-38)35(9,28(53-19(2)42)24-11-12-51-15-24)29(54-20(3)43)30(40(36,38)49)55-21(4)44/h11-12,15,25-26,28-32,48-49H,13-14,16-17H2,1-10H3/t25-,26+,28-,29-,30+,31-,32-,33+,34-,35+,36+,37+,38+,39-,40-/m0/s1. The zero-order valence-electron chi connectivity index (χ0n) is 34.4. The molecule has 0 radical (unpaired) electrons. The summed E-state index contributed by atoms with van der Waals surface area (Å²) in [5, 5.41) is 28.7. The average molecular weight is 835 g/mol. The third kappa shape index (κ3) is 5.04. The predicted octanol–water partition coefficient (Wildman–Crippen LogP) is 1.52. The van der Waals surface area contributed by atoms with Crippen LogP contribution >= 0.6 is 0 Å². The van der Waals surface area contributed by atoms with E-state index in [2.05, 4.69) is 0 Å². The number of hydrogen-bond donors (Lipinski definition) is 2. The van der Waals surface area contributed by atoms with E-state index < -0.39 is 148 Å². The van der Waals surface area contributed by atoms with Gasteiger partial charge in [0, 0.05) is 71.3 Å². The molecule has 4 saturated carbocycles. The van der Waals surface area contributed by atoms with Gasteiger partial charge in [-0.05, 0) is 25.3 Å². The summed E-state index contributed by atoms with van der Waals surface area (Å²) in [4.78, 5) is 93.6. The van der Waals surface area contributed by atoms with Crippen LogP contribution in [0.15, 0.2) is 23.0 Å². The van der Waals surface area contributed by atoms with Gasteiger partial charge in [0.15, 0.2) is 24.1 Å². The maximum absolute atomic E-state index is 14.7.